The Labute approximate surface area is 200 Å². The average molecular weight is 499 g/mol. The van der Waals surface area contributed by atoms with Crippen LogP contribution in [0, 0.1) is 11.8 Å². The molecule has 5 rings (SSSR count). The number of nitrogens with zero attached hydrogens (tertiary/aromatic N) is 1. The van der Waals surface area contributed by atoms with Gasteiger partial charge < -0.3 is 0 Å². The molecule has 2 aromatic carbocycles. The van der Waals surface area contributed by atoms with E-state index in [0.717, 1.165) is 17.8 Å². The summed E-state index contributed by atoms with van der Waals surface area (Å²) in [5, 5.41) is 1.07. The van der Waals surface area contributed by atoms with Gasteiger partial charge in [0.1, 0.15) is 0 Å². The SMILES string of the molecule is C[C@@H]1CC[C@@H]2[C@@H](C1)O[C@H]1[C@H](c3ccccc3)O[C@@](C)(C[Se]c3ccccc3)CN1C2(C)C. The normalized spacial score (nSPS) is 36.8. The summed E-state index contributed by atoms with van der Waals surface area (Å²) in [6.45, 7) is 10.6. The summed E-state index contributed by atoms with van der Waals surface area (Å²) < 4.78 is 15.4. The summed E-state index contributed by atoms with van der Waals surface area (Å²) in [4.78, 5) is 2.67. The molecule has 32 heavy (non-hydrogen) atoms. The van der Waals surface area contributed by atoms with Crippen molar-refractivity contribution in [3.63, 3.8) is 0 Å². The van der Waals surface area contributed by atoms with Crippen LogP contribution in [-0.4, -0.2) is 49.9 Å². The van der Waals surface area contributed by atoms with Crippen LogP contribution in [0.4, 0.5) is 0 Å². The van der Waals surface area contributed by atoms with E-state index in [1.807, 2.05) is 0 Å². The molecule has 172 valence electrons. The molecule has 0 radical (unpaired) electrons. The van der Waals surface area contributed by atoms with Crippen molar-refractivity contribution in [2.75, 3.05) is 6.54 Å². The van der Waals surface area contributed by atoms with Crippen LogP contribution in [0.3, 0.4) is 0 Å². The topological polar surface area (TPSA) is 21.7 Å². The molecule has 2 saturated heterocycles. The van der Waals surface area contributed by atoms with E-state index in [9.17, 15) is 0 Å². The molecule has 2 aromatic rings. The predicted octanol–water partition coefficient (Wildman–Crippen LogP) is 5.21. The van der Waals surface area contributed by atoms with Crippen LogP contribution in [0.25, 0.3) is 0 Å². The molecular weight excluding hydrogens is 461 g/mol. The van der Waals surface area contributed by atoms with Gasteiger partial charge in [0.15, 0.2) is 0 Å². The van der Waals surface area contributed by atoms with Gasteiger partial charge in [-0.1, -0.05) is 0 Å². The van der Waals surface area contributed by atoms with Gasteiger partial charge in [-0.25, -0.2) is 0 Å². The summed E-state index contributed by atoms with van der Waals surface area (Å²) in [5.74, 6) is 1.34. The zero-order valence-corrected chi connectivity index (χ0v) is 21.6. The second-order valence-corrected chi connectivity index (χ2v) is 13.1. The van der Waals surface area contributed by atoms with E-state index in [1.165, 1.54) is 29.3 Å². The molecule has 2 aliphatic heterocycles. The first-order chi connectivity index (χ1) is 15.4. The number of morpholine rings is 1. The van der Waals surface area contributed by atoms with Crippen LogP contribution in [0.15, 0.2) is 60.7 Å². The Hall–Kier alpha value is -1.16. The predicted molar refractivity (Wildman–Crippen MR) is 131 cm³/mol. The van der Waals surface area contributed by atoms with Crippen LogP contribution in [0.1, 0.15) is 58.6 Å². The number of hydrogen-bond donors (Lipinski definition) is 0. The van der Waals surface area contributed by atoms with Crippen molar-refractivity contribution < 1.29 is 9.47 Å². The molecule has 3 nitrogen and oxygen atoms in total. The standard InChI is InChI=1S/C28H37NO2Se/c1-20-15-16-23-24(17-20)30-26-25(21-11-7-5-8-12-21)31-28(4,18-29(26)27(23,2)3)19-32-22-13-9-6-10-14-22/h5-14,20,23-26H,15-19H2,1-4H3/t20-,23-,24-,25+,26+,28-/m1/s1. The zero-order chi connectivity index (χ0) is 22.3. The fourth-order valence-electron chi connectivity index (χ4n) is 6.08. The van der Waals surface area contributed by atoms with Gasteiger partial charge >= 0.3 is 200 Å². The molecule has 0 unspecified atom stereocenters. The molecule has 1 saturated carbocycles. The zero-order valence-electron chi connectivity index (χ0n) is 19.9. The van der Waals surface area contributed by atoms with Crippen LogP contribution in [0.5, 0.6) is 0 Å². The Morgan fingerprint density at radius 1 is 0.969 bits per heavy atom. The molecule has 2 heterocycles. The van der Waals surface area contributed by atoms with Crippen molar-refractivity contribution in [1.82, 2.24) is 4.90 Å². The first-order valence-electron chi connectivity index (χ1n) is 12.2. The van der Waals surface area contributed by atoms with Gasteiger partial charge in [-0.2, -0.15) is 0 Å². The second kappa shape index (κ2) is 8.89. The van der Waals surface area contributed by atoms with E-state index in [4.69, 9.17) is 9.47 Å². The van der Waals surface area contributed by atoms with E-state index < -0.39 is 0 Å². The van der Waals surface area contributed by atoms with Crippen molar-refractivity contribution >= 4 is 19.4 Å². The Bertz CT molecular complexity index is 904. The molecule has 0 spiro atoms. The van der Waals surface area contributed by atoms with Gasteiger partial charge in [-0.05, 0) is 0 Å². The third-order valence-corrected chi connectivity index (χ3v) is 10.8. The van der Waals surface area contributed by atoms with E-state index in [-0.39, 0.29) is 23.5 Å². The molecule has 0 N–H and O–H groups in total. The van der Waals surface area contributed by atoms with Gasteiger partial charge in [-0.15, -0.1) is 0 Å². The second-order valence-electron chi connectivity index (χ2n) is 10.9. The Kier molecular flexibility index (Phi) is 6.28. The monoisotopic (exact) mass is 499 g/mol. The van der Waals surface area contributed by atoms with Gasteiger partial charge in [0, 0.05) is 0 Å². The Morgan fingerprint density at radius 3 is 2.38 bits per heavy atom. The number of rotatable bonds is 4. The van der Waals surface area contributed by atoms with Crippen LogP contribution in [-0.2, 0) is 9.47 Å². The van der Waals surface area contributed by atoms with E-state index in [2.05, 4.69) is 93.3 Å². The van der Waals surface area contributed by atoms with Gasteiger partial charge in [0.05, 0.1) is 0 Å². The number of fused-ring (bicyclic) bond motifs is 2. The first-order valence-corrected chi connectivity index (χ1v) is 14.3. The van der Waals surface area contributed by atoms with Crippen molar-refractivity contribution in [2.45, 2.75) is 81.9 Å². The number of benzene rings is 2. The first kappa shape index (κ1) is 22.6. The van der Waals surface area contributed by atoms with E-state index in [0.29, 0.717) is 27.0 Å². The van der Waals surface area contributed by atoms with Crippen LogP contribution in [0.2, 0.25) is 5.32 Å². The molecule has 1 aliphatic carbocycles. The van der Waals surface area contributed by atoms with E-state index in [1.54, 1.807) is 0 Å². The van der Waals surface area contributed by atoms with Crippen molar-refractivity contribution in [3.05, 3.63) is 66.2 Å². The number of ether oxygens (including phenoxy) is 2. The molecule has 0 bridgehead atoms. The summed E-state index contributed by atoms with van der Waals surface area (Å²) >= 11 is 0.383. The van der Waals surface area contributed by atoms with Crippen molar-refractivity contribution in [1.29, 1.82) is 0 Å². The van der Waals surface area contributed by atoms with Gasteiger partial charge in [0.25, 0.3) is 0 Å². The molecule has 4 heteroatoms. The molecule has 0 amide bonds. The summed E-state index contributed by atoms with van der Waals surface area (Å²) in [7, 11) is 0. The minimum absolute atomic E-state index is 0.0174. The Balaban J connectivity index is 1.46. The van der Waals surface area contributed by atoms with Gasteiger partial charge in [-0.3, -0.25) is 0 Å². The maximum absolute atomic E-state index is 7.00. The Morgan fingerprint density at radius 2 is 1.66 bits per heavy atom. The summed E-state index contributed by atoms with van der Waals surface area (Å²) in [5.41, 5.74) is 1.15. The van der Waals surface area contributed by atoms with Gasteiger partial charge in [0.2, 0.25) is 0 Å². The number of hydrogen-bond acceptors (Lipinski definition) is 3. The molecular formula is C28H37NO2Se. The maximum atomic E-state index is 7.00. The van der Waals surface area contributed by atoms with Crippen molar-refractivity contribution in [2.24, 2.45) is 11.8 Å². The third-order valence-electron chi connectivity index (χ3n) is 7.91. The molecule has 0 aromatic heterocycles. The molecule has 6 atom stereocenters. The van der Waals surface area contributed by atoms with Crippen molar-refractivity contribution in [3.8, 4) is 0 Å². The summed E-state index contributed by atoms with van der Waals surface area (Å²) in [6, 6.07) is 21.7. The van der Waals surface area contributed by atoms with Crippen LogP contribution >= 0.6 is 0 Å². The minimum atomic E-state index is -0.192. The third kappa shape index (κ3) is 4.33. The quantitative estimate of drug-likeness (QED) is 0.541. The fraction of sp³-hybridized carbons (Fsp3) is 0.571. The fourth-order valence-corrected chi connectivity index (χ4v) is 8.14. The molecule has 3 fully saturated rings. The molecule has 3 aliphatic rings. The van der Waals surface area contributed by atoms with E-state index >= 15 is 0 Å². The summed E-state index contributed by atoms with van der Waals surface area (Å²) in [6.07, 6.45) is 4.02. The van der Waals surface area contributed by atoms with Crippen LogP contribution < -0.4 is 4.46 Å². The average Bonchev–Trinajstić information content (AvgIpc) is 2.79.